The topological polar surface area (TPSA) is 29.5 Å². The zero-order chi connectivity index (χ0) is 14.1. The summed E-state index contributed by atoms with van der Waals surface area (Å²) in [5, 5.41) is 0.814. The number of carbonyl (C=O) groups excluding carboxylic acids is 1. The van der Waals surface area contributed by atoms with Crippen LogP contribution in [0.4, 0.5) is 0 Å². The summed E-state index contributed by atoms with van der Waals surface area (Å²) in [7, 11) is 1.64. The van der Waals surface area contributed by atoms with E-state index >= 15 is 0 Å². The van der Waals surface area contributed by atoms with E-state index in [4.69, 9.17) is 4.74 Å². The third-order valence-electron chi connectivity index (χ3n) is 3.02. The van der Waals surface area contributed by atoms with E-state index in [0.29, 0.717) is 6.42 Å². The van der Waals surface area contributed by atoms with Crippen LogP contribution in [0.15, 0.2) is 24.3 Å². The summed E-state index contributed by atoms with van der Waals surface area (Å²) in [6.45, 7) is 3.72. The Morgan fingerprint density at radius 1 is 1.32 bits per heavy atom. The third-order valence-corrected chi connectivity index (χ3v) is 3.38. The molecule has 0 saturated heterocycles. The fraction of sp³-hybridized carbons (Fsp3) is 0.533. The summed E-state index contributed by atoms with van der Waals surface area (Å²) in [4.78, 5) is 14.2. The normalized spacial score (nSPS) is 10.3. The van der Waals surface area contributed by atoms with Crippen LogP contribution in [-0.2, 0) is 11.2 Å². The van der Waals surface area contributed by atoms with E-state index < -0.39 is 0 Å². The van der Waals surface area contributed by atoms with Gasteiger partial charge in [0.15, 0.2) is 0 Å². The lowest BCUT2D eigenvalue weighted by atomic mass is 10.1. The molecule has 106 valence electrons. The number of methoxy groups -OCH3 is 1. The molecule has 0 radical (unpaired) electrons. The molecule has 0 aliphatic rings. The molecule has 1 aromatic rings. The standard InChI is InChI=1S/C15H22BrNO2/c1-3-4-10-17(11-9-16)15(18)12-13-7-5-6-8-14(13)19-2/h5-8H,3-4,9-12H2,1-2H3. The first-order chi connectivity index (χ1) is 9.22. The van der Waals surface area contributed by atoms with Gasteiger partial charge in [-0.25, -0.2) is 0 Å². The van der Waals surface area contributed by atoms with Crippen molar-refractivity contribution in [2.75, 3.05) is 25.5 Å². The molecule has 0 saturated carbocycles. The van der Waals surface area contributed by atoms with E-state index in [-0.39, 0.29) is 5.91 Å². The van der Waals surface area contributed by atoms with Crippen molar-refractivity contribution in [3.8, 4) is 5.75 Å². The second kappa shape index (κ2) is 8.97. The number of benzene rings is 1. The highest BCUT2D eigenvalue weighted by Gasteiger charge is 2.14. The van der Waals surface area contributed by atoms with Crippen LogP contribution in [0.1, 0.15) is 25.3 Å². The van der Waals surface area contributed by atoms with Crippen LogP contribution in [0.2, 0.25) is 0 Å². The summed E-state index contributed by atoms with van der Waals surface area (Å²) >= 11 is 3.41. The van der Waals surface area contributed by atoms with Gasteiger partial charge in [-0.15, -0.1) is 0 Å². The Kier molecular flexibility index (Phi) is 7.56. The quantitative estimate of drug-likeness (QED) is 0.686. The molecule has 0 unspecified atom stereocenters. The average molecular weight is 328 g/mol. The van der Waals surface area contributed by atoms with Gasteiger partial charge in [-0.3, -0.25) is 4.79 Å². The van der Waals surface area contributed by atoms with Crippen molar-refractivity contribution in [1.29, 1.82) is 0 Å². The van der Waals surface area contributed by atoms with E-state index in [9.17, 15) is 4.79 Å². The van der Waals surface area contributed by atoms with Crippen molar-refractivity contribution in [2.45, 2.75) is 26.2 Å². The van der Waals surface area contributed by atoms with Crippen LogP contribution < -0.4 is 4.74 Å². The molecule has 19 heavy (non-hydrogen) atoms. The molecule has 0 aliphatic heterocycles. The second-order valence-electron chi connectivity index (χ2n) is 4.41. The zero-order valence-electron chi connectivity index (χ0n) is 11.7. The van der Waals surface area contributed by atoms with Crippen LogP contribution in [-0.4, -0.2) is 36.3 Å². The Balaban J connectivity index is 2.69. The molecule has 4 heteroatoms. The predicted octanol–water partition coefficient (Wildman–Crippen LogP) is 3.26. The Hall–Kier alpha value is -1.03. The number of alkyl halides is 1. The number of hydrogen-bond acceptors (Lipinski definition) is 2. The molecule has 3 nitrogen and oxygen atoms in total. The van der Waals surface area contributed by atoms with Gasteiger partial charge in [-0.05, 0) is 12.5 Å². The molecule has 0 bridgehead atoms. The molecule has 0 fully saturated rings. The fourth-order valence-corrected chi connectivity index (χ4v) is 2.36. The molecule has 0 atom stereocenters. The van der Waals surface area contributed by atoms with E-state index in [1.807, 2.05) is 29.2 Å². The van der Waals surface area contributed by atoms with Gasteiger partial charge in [0, 0.05) is 24.0 Å². The molecular weight excluding hydrogens is 306 g/mol. The highest BCUT2D eigenvalue weighted by Crippen LogP contribution is 2.18. The zero-order valence-corrected chi connectivity index (χ0v) is 13.3. The highest BCUT2D eigenvalue weighted by molar-refractivity contribution is 9.09. The van der Waals surface area contributed by atoms with Gasteiger partial charge < -0.3 is 9.64 Å². The predicted molar refractivity (Wildman–Crippen MR) is 82.0 cm³/mol. The molecule has 1 rings (SSSR count). The molecule has 0 aliphatic carbocycles. The maximum Gasteiger partial charge on any atom is 0.227 e. The third kappa shape index (κ3) is 5.23. The number of carbonyl (C=O) groups is 1. The molecular formula is C15H22BrNO2. The molecule has 1 amide bonds. The minimum absolute atomic E-state index is 0.164. The number of para-hydroxylation sites is 1. The monoisotopic (exact) mass is 327 g/mol. The molecule has 0 heterocycles. The molecule has 0 spiro atoms. The van der Waals surface area contributed by atoms with E-state index in [1.54, 1.807) is 7.11 Å². The van der Waals surface area contributed by atoms with Crippen LogP contribution in [0, 0.1) is 0 Å². The summed E-state index contributed by atoms with van der Waals surface area (Å²) in [5.41, 5.74) is 0.950. The van der Waals surface area contributed by atoms with E-state index in [2.05, 4.69) is 22.9 Å². The van der Waals surface area contributed by atoms with Crippen LogP contribution in [0.25, 0.3) is 0 Å². The van der Waals surface area contributed by atoms with Crippen molar-refractivity contribution < 1.29 is 9.53 Å². The van der Waals surface area contributed by atoms with Gasteiger partial charge in [-0.1, -0.05) is 47.5 Å². The van der Waals surface area contributed by atoms with Crippen LogP contribution in [0.3, 0.4) is 0 Å². The number of unbranched alkanes of at least 4 members (excludes halogenated alkanes) is 1. The first kappa shape index (κ1) is 16.0. The Labute approximate surface area is 124 Å². The number of halogens is 1. The molecule has 0 N–H and O–H groups in total. The lowest BCUT2D eigenvalue weighted by molar-refractivity contribution is -0.130. The number of nitrogens with zero attached hydrogens (tertiary/aromatic N) is 1. The number of amides is 1. The summed E-state index contributed by atoms with van der Waals surface area (Å²) in [6, 6.07) is 7.69. The van der Waals surface area contributed by atoms with Crippen molar-refractivity contribution in [3.05, 3.63) is 29.8 Å². The van der Waals surface area contributed by atoms with E-state index in [0.717, 1.165) is 42.6 Å². The number of rotatable bonds is 8. The Morgan fingerprint density at radius 3 is 2.68 bits per heavy atom. The van der Waals surface area contributed by atoms with Crippen molar-refractivity contribution >= 4 is 21.8 Å². The SMILES string of the molecule is CCCCN(CCBr)C(=O)Cc1ccccc1OC. The smallest absolute Gasteiger partial charge is 0.227 e. The largest absolute Gasteiger partial charge is 0.496 e. The minimum atomic E-state index is 0.164. The molecule has 0 aromatic heterocycles. The number of hydrogen-bond donors (Lipinski definition) is 0. The second-order valence-corrected chi connectivity index (χ2v) is 5.20. The fourth-order valence-electron chi connectivity index (χ4n) is 1.94. The van der Waals surface area contributed by atoms with Crippen molar-refractivity contribution in [3.63, 3.8) is 0 Å². The minimum Gasteiger partial charge on any atom is -0.496 e. The van der Waals surface area contributed by atoms with Crippen molar-refractivity contribution in [2.24, 2.45) is 0 Å². The maximum atomic E-state index is 12.3. The van der Waals surface area contributed by atoms with Crippen LogP contribution in [0.5, 0.6) is 5.75 Å². The van der Waals surface area contributed by atoms with Crippen LogP contribution >= 0.6 is 15.9 Å². The van der Waals surface area contributed by atoms with Gasteiger partial charge in [0.25, 0.3) is 0 Å². The lowest BCUT2D eigenvalue weighted by Crippen LogP contribution is -2.34. The first-order valence-electron chi connectivity index (χ1n) is 6.68. The highest BCUT2D eigenvalue weighted by atomic mass is 79.9. The van der Waals surface area contributed by atoms with Gasteiger partial charge >= 0.3 is 0 Å². The van der Waals surface area contributed by atoms with Gasteiger partial charge in [0.05, 0.1) is 13.5 Å². The summed E-state index contributed by atoms with van der Waals surface area (Å²) in [5.74, 6) is 0.947. The van der Waals surface area contributed by atoms with E-state index in [1.165, 1.54) is 0 Å². The summed E-state index contributed by atoms with van der Waals surface area (Å²) < 4.78 is 5.29. The maximum absolute atomic E-state index is 12.3. The summed E-state index contributed by atoms with van der Waals surface area (Å²) in [6.07, 6.45) is 2.55. The Bertz CT molecular complexity index is 395. The van der Waals surface area contributed by atoms with Gasteiger partial charge in [-0.2, -0.15) is 0 Å². The number of ether oxygens (including phenoxy) is 1. The van der Waals surface area contributed by atoms with Crippen molar-refractivity contribution in [1.82, 2.24) is 4.90 Å². The first-order valence-corrected chi connectivity index (χ1v) is 7.80. The van der Waals surface area contributed by atoms with Gasteiger partial charge in [0.2, 0.25) is 5.91 Å². The van der Waals surface area contributed by atoms with Gasteiger partial charge in [0.1, 0.15) is 5.75 Å². The molecule has 1 aromatic carbocycles. The Morgan fingerprint density at radius 2 is 2.05 bits per heavy atom. The average Bonchev–Trinajstić information content (AvgIpc) is 2.44. The lowest BCUT2D eigenvalue weighted by Gasteiger charge is -2.22.